The average Bonchev–Trinajstić information content (AvgIpc) is 2.45. The van der Waals surface area contributed by atoms with Crippen molar-refractivity contribution < 1.29 is 4.74 Å². The van der Waals surface area contributed by atoms with E-state index in [1.165, 1.54) is 6.07 Å². The molecule has 0 aliphatic rings. The largest absolute Gasteiger partial charge is 0.497 e. The Balaban J connectivity index is 2.05. The van der Waals surface area contributed by atoms with Gasteiger partial charge in [0.1, 0.15) is 5.75 Å². The van der Waals surface area contributed by atoms with E-state index in [-0.39, 0.29) is 5.56 Å². The Bertz CT molecular complexity index is 904. The first-order chi connectivity index (χ1) is 10.5. The lowest BCUT2D eigenvalue weighted by Crippen LogP contribution is -2.11. The molecule has 0 atom stereocenters. The van der Waals surface area contributed by atoms with Crippen LogP contribution in [0.15, 0.2) is 29.1 Å². The minimum absolute atomic E-state index is 0.228. The Hall–Kier alpha value is -2.96. The zero-order valence-corrected chi connectivity index (χ0v) is 12.5. The molecule has 3 aromatic rings. The molecule has 112 valence electrons. The van der Waals surface area contributed by atoms with E-state index in [4.69, 9.17) is 4.74 Å². The summed E-state index contributed by atoms with van der Waals surface area (Å²) in [5.74, 6) is 1.40. The molecule has 0 saturated heterocycles. The number of nitrogens with zero attached hydrogens (tertiary/aromatic N) is 3. The SMILES string of the molecule is COc1ccc2c(C)nc(Nc3nc(C)cc(=O)[nH]3)nc2c1. The Morgan fingerprint density at radius 1 is 1.14 bits per heavy atom. The normalized spacial score (nSPS) is 10.7. The van der Waals surface area contributed by atoms with Crippen LogP contribution in [-0.2, 0) is 0 Å². The van der Waals surface area contributed by atoms with Gasteiger partial charge in [0.15, 0.2) is 0 Å². The van der Waals surface area contributed by atoms with Crippen molar-refractivity contribution in [2.45, 2.75) is 13.8 Å². The number of aromatic nitrogens is 4. The van der Waals surface area contributed by atoms with Crippen LogP contribution in [0.25, 0.3) is 10.9 Å². The summed E-state index contributed by atoms with van der Waals surface area (Å²) in [6.45, 7) is 3.64. The summed E-state index contributed by atoms with van der Waals surface area (Å²) in [6.07, 6.45) is 0. The van der Waals surface area contributed by atoms with Gasteiger partial charge >= 0.3 is 0 Å². The van der Waals surface area contributed by atoms with Gasteiger partial charge in [-0.3, -0.25) is 15.1 Å². The summed E-state index contributed by atoms with van der Waals surface area (Å²) in [7, 11) is 1.61. The van der Waals surface area contributed by atoms with Crippen LogP contribution in [0.1, 0.15) is 11.4 Å². The van der Waals surface area contributed by atoms with E-state index >= 15 is 0 Å². The van der Waals surface area contributed by atoms with Crippen molar-refractivity contribution in [3.8, 4) is 5.75 Å². The lowest BCUT2D eigenvalue weighted by Gasteiger charge is -2.08. The van der Waals surface area contributed by atoms with E-state index in [1.54, 1.807) is 14.0 Å². The van der Waals surface area contributed by atoms with E-state index < -0.39 is 0 Å². The molecule has 0 fully saturated rings. The minimum atomic E-state index is -0.228. The molecule has 0 radical (unpaired) electrons. The molecule has 7 nitrogen and oxygen atoms in total. The van der Waals surface area contributed by atoms with Crippen molar-refractivity contribution in [1.82, 2.24) is 19.9 Å². The molecule has 3 rings (SSSR count). The summed E-state index contributed by atoms with van der Waals surface area (Å²) in [5, 5.41) is 3.87. The third kappa shape index (κ3) is 2.73. The van der Waals surface area contributed by atoms with E-state index in [1.807, 2.05) is 25.1 Å². The third-order valence-corrected chi connectivity index (χ3v) is 3.19. The number of anilines is 2. The molecule has 0 spiro atoms. The topological polar surface area (TPSA) is 92.8 Å². The van der Waals surface area contributed by atoms with Crippen molar-refractivity contribution in [2.24, 2.45) is 0 Å². The highest BCUT2D eigenvalue weighted by atomic mass is 16.5. The molecule has 22 heavy (non-hydrogen) atoms. The number of rotatable bonds is 3. The lowest BCUT2D eigenvalue weighted by molar-refractivity contribution is 0.415. The number of fused-ring (bicyclic) bond motifs is 1. The van der Waals surface area contributed by atoms with Crippen molar-refractivity contribution in [1.29, 1.82) is 0 Å². The molecular formula is C15H15N5O2. The highest BCUT2D eigenvalue weighted by Crippen LogP contribution is 2.22. The predicted octanol–water partition coefficient (Wildman–Crippen LogP) is 2.08. The van der Waals surface area contributed by atoms with E-state index in [0.717, 1.165) is 22.3 Å². The van der Waals surface area contributed by atoms with Crippen LogP contribution in [0.5, 0.6) is 5.75 Å². The number of H-pyrrole nitrogens is 1. The molecule has 2 heterocycles. The van der Waals surface area contributed by atoms with Gasteiger partial charge in [0.25, 0.3) is 5.56 Å². The van der Waals surface area contributed by atoms with Crippen LogP contribution < -0.4 is 15.6 Å². The van der Waals surface area contributed by atoms with Crippen molar-refractivity contribution in [2.75, 3.05) is 12.4 Å². The maximum Gasteiger partial charge on any atom is 0.252 e. The second-order valence-corrected chi connectivity index (χ2v) is 4.88. The van der Waals surface area contributed by atoms with Crippen LogP contribution in [-0.4, -0.2) is 27.0 Å². The zero-order chi connectivity index (χ0) is 15.7. The fourth-order valence-electron chi connectivity index (χ4n) is 2.20. The van der Waals surface area contributed by atoms with E-state index in [0.29, 0.717) is 17.6 Å². The van der Waals surface area contributed by atoms with Gasteiger partial charge in [0.2, 0.25) is 11.9 Å². The number of nitrogens with one attached hydrogen (secondary N) is 2. The number of methoxy groups -OCH3 is 1. The predicted molar refractivity (Wildman–Crippen MR) is 83.7 cm³/mol. The van der Waals surface area contributed by atoms with Gasteiger partial charge in [-0.15, -0.1) is 0 Å². The van der Waals surface area contributed by atoms with Gasteiger partial charge in [-0.2, -0.15) is 0 Å². The molecule has 0 bridgehead atoms. The van der Waals surface area contributed by atoms with Crippen molar-refractivity contribution in [3.05, 3.63) is 46.0 Å². The van der Waals surface area contributed by atoms with E-state index in [2.05, 4.69) is 25.3 Å². The van der Waals surface area contributed by atoms with Gasteiger partial charge in [-0.05, 0) is 26.0 Å². The summed E-state index contributed by atoms with van der Waals surface area (Å²) < 4.78 is 5.21. The van der Waals surface area contributed by atoms with Crippen LogP contribution >= 0.6 is 0 Å². The summed E-state index contributed by atoms with van der Waals surface area (Å²) >= 11 is 0. The standard InChI is InChI=1S/C15H15N5O2/c1-8-6-13(21)19-14(16-8)20-15-17-9(2)11-5-4-10(22-3)7-12(11)18-15/h4-7H,1-3H3,(H2,16,17,18,19,20,21). The van der Waals surface area contributed by atoms with Crippen molar-refractivity contribution in [3.63, 3.8) is 0 Å². The molecule has 1 aromatic carbocycles. The molecule has 0 saturated carbocycles. The number of hydrogen-bond donors (Lipinski definition) is 2. The molecule has 0 amide bonds. The number of benzene rings is 1. The number of ether oxygens (including phenoxy) is 1. The molecule has 7 heteroatoms. The highest BCUT2D eigenvalue weighted by Gasteiger charge is 2.07. The van der Waals surface area contributed by atoms with Gasteiger partial charge in [-0.25, -0.2) is 15.0 Å². The Kier molecular flexibility index (Phi) is 3.46. The van der Waals surface area contributed by atoms with Gasteiger partial charge in [-0.1, -0.05) is 0 Å². The molecule has 2 aromatic heterocycles. The van der Waals surface area contributed by atoms with Gasteiger partial charge in [0, 0.05) is 23.2 Å². The number of hydrogen-bond acceptors (Lipinski definition) is 6. The molecular weight excluding hydrogens is 282 g/mol. The minimum Gasteiger partial charge on any atom is -0.497 e. The first-order valence-corrected chi connectivity index (χ1v) is 6.72. The Labute approximate surface area is 126 Å². The monoisotopic (exact) mass is 297 g/mol. The summed E-state index contributed by atoms with van der Waals surface area (Å²) in [5.41, 5.74) is 1.97. The zero-order valence-electron chi connectivity index (χ0n) is 12.5. The Morgan fingerprint density at radius 2 is 1.95 bits per heavy atom. The molecule has 2 N–H and O–H groups in total. The second-order valence-electron chi connectivity index (χ2n) is 4.88. The van der Waals surface area contributed by atoms with E-state index in [9.17, 15) is 4.79 Å². The van der Waals surface area contributed by atoms with Gasteiger partial charge in [0.05, 0.1) is 18.3 Å². The maximum absolute atomic E-state index is 11.5. The highest BCUT2D eigenvalue weighted by molar-refractivity contribution is 5.83. The third-order valence-electron chi connectivity index (χ3n) is 3.19. The number of aromatic amines is 1. The van der Waals surface area contributed by atoms with Crippen LogP contribution in [0.4, 0.5) is 11.9 Å². The Morgan fingerprint density at radius 3 is 2.68 bits per heavy atom. The van der Waals surface area contributed by atoms with Gasteiger partial charge < -0.3 is 4.74 Å². The summed E-state index contributed by atoms with van der Waals surface area (Å²) in [4.78, 5) is 27.1. The number of aryl methyl sites for hydroxylation is 2. The second kappa shape index (κ2) is 5.44. The molecule has 0 aliphatic carbocycles. The summed E-state index contributed by atoms with van der Waals surface area (Å²) in [6, 6.07) is 7.04. The smallest absolute Gasteiger partial charge is 0.252 e. The maximum atomic E-state index is 11.5. The van der Waals surface area contributed by atoms with Crippen LogP contribution in [0, 0.1) is 13.8 Å². The molecule has 0 aliphatic heterocycles. The lowest BCUT2D eigenvalue weighted by atomic mass is 10.2. The fraction of sp³-hybridized carbons (Fsp3) is 0.200. The van der Waals surface area contributed by atoms with Crippen molar-refractivity contribution >= 4 is 22.8 Å². The van der Waals surface area contributed by atoms with Crippen LogP contribution in [0.3, 0.4) is 0 Å². The quantitative estimate of drug-likeness (QED) is 0.769. The molecule has 0 unspecified atom stereocenters. The first-order valence-electron chi connectivity index (χ1n) is 6.72. The first kappa shape index (κ1) is 14.0. The fourth-order valence-corrected chi connectivity index (χ4v) is 2.20. The average molecular weight is 297 g/mol. The van der Waals surface area contributed by atoms with Crippen LogP contribution in [0.2, 0.25) is 0 Å².